The van der Waals surface area contributed by atoms with Crippen LogP contribution in [0, 0.1) is 0 Å². The van der Waals surface area contributed by atoms with Gasteiger partial charge in [-0.15, -0.1) is 0 Å². The van der Waals surface area contributed by atoms with Crippen molar-refractivity contribution in [1.82, 2.24) is 0 Å². The van der Waals surface area contributed by atoms with Crippen molar-refractivity contribution in [2.75, 3.05) is 79.3 Å². The van der Waals surface area contributed by atoms with E-state index in [-0.39, 0.29) is 11.5 Å². The fraction of sp³-hybridized carbons (Fsp3) is 0.724. The minimum absolute atomic E-state index is 0.160. The highest BCUT2D eigenvalue weighted by molar-refractivity contribution is 5.29. The van der Waals surface area contributed by atoms with Crippen LogP contribution in [0.3, 0.4) is 0 Å². The molecule has 1 saturated heterocycles. The normalized spacial score (nSPS) is 22.0. The number of ether oxygens (including phenoxy) is 7. The fourth-order valence-electron chi connectivity index (χ4n) is 3.95. The van der Waals surface area contributed by atoms with E-state index in [1.807, 2.05) is 0 Å². The van der Waals surface area contributed by atoms with Gasteiger partial charge in [0.05, 0.1) is 85.9 Å². The standard InChI is InChI=1S/C29H48O7/c1-4-6-7-11-29(3,5-2)27-10-8-9-26(22-27)23-35-25-28-24-34-19-18-32-15-14-30-12-13-31-16-17-33-20-21-36-28/h4,6,8-10,22,28H,5,7,11-21,23-25H2,1-3H3/b6-4-. The molecule has 7 nitrogen and oxygen atoms in total. The predicted molar refractivity (Wildman–Crippen MR) is 142 cm³/mol. The lowest BCUT2D eigenvalue weighted by Crippen LogP contribution is -2.28. The zero-order valence-electron chi connectivity index (χ0n) is 22.7. The summed E-state index contributed by atoms with van der Waals surface area (Å²) in [5, 5.41) is 0. The van der Waals surface area contributed by atoms with Crippen molar-refractivity contribution in [3.05, 3.63) is 47.5 Å². The maximum absolute atomic E-state index is 6.07. The molecule has 0 spiro atoms. The van der Waals surface area contributed by atoms with E-state index >= 15 is 0 Å². The van der Waals surface area contributed by atoms with Gasteiger partial charge >= 0.3 is 0 Å². The first-order valence-corrected chi connectivity index (χ1v) is 13.5. The monoisotopic (exact) mass is 508 g/mol. The van der Waals surface area contributed by atoms with Crippen LogP contribution in [0.1, 0.15) is 51.2 Å². The number of allylic oxidation sites excluding steroid dienone is 2. The second kappa shape index (κ2) is 19.7. The molecule has 1 fully saturated rings. The molecule has 0 amide bonds. The highest BCUT2D eigenvalue weighted by Gasteiger charge is 2.24. The minimum atomic E-state index is -0.169. The molecule has 1 heterocycles. The maximum atomic E-state index is 6.07. The van der Waals surface area contributed by atoms with Gasteiger partial charge in [-0.05, 0) is 42.7 Å². The molecular formula is C29H48O7. The average molecular weight is 509 g/mol. The van der Waals surface area contributed by atoms with Crippen LogP contribution in [0.4, 0.5) is 0 Å². The molecular weight excluding hydrogens is 460 g/mol. The van der Waals surface area contributed by atoms with Crippen molar-refractivity contribution in [3.8, 4) is 0 Å². The molecule has 0 saturated carbocycles. The summed E-state index contributed by atoms with van der Waals surface area (Å²) in [5.41, 5.74) is 2.71. The molecule has 0 aliphatic carbocycles. The number of benzene rings is 1. The molecule has 1 aromatic rings. The van der Waals surface area contributed by atoms with E-state index in [1.165, 1.54) is 11.1 Å². The van der Waals surface area contributed by atoms with Gasteiger partial charge in [-0.25, -0.2) is 0 Å². The van der Waals surface area contributed by atoms with Gasteiger partial charge in [-0.2, -0.15) is 0 Å². The predicted octanol–water partition coefficient (Wildman–Crippen LogP) is 4.71. The van der Waals surface area contributed by atoms with Crippen LogP contribution >= 0.6 is 0 Å². The van der Waals surface area contributed by atoms with E-state index in [0.717, 1.165) is 19.3 Å². The molecule has 2 unspecified atom stereocenters. The van der Waals surface area contributed by atoms with Crippen molar-refractivity contribution in [2.24, 2.45) is 0 Å². The van der Waals surface area contributed by atoms with Crippen LogP contribution in [0.5, 0.6) is 0 Å². The zero-order valence-corrected chi connectivity index (χ0v) is 22.7. The van der Waals surface area contributed by atoms with E-state index in [0.29, 0.717) is 85.9 Å². The van der Waals surface area contributed by atoms with Crippen LogP contribution < -0.4 is 0 Å². The van der Waals surface area contributed by atoms with Crippen LogP contribution in [-0.2, 0) is 45.2 Å². The van der Waals surface area contributed by atoms with Crippen LogP contribution in [0.2, 0.25) is 0 Å². The Balaban J connectivity index is 1.83. The summed E-state index contributed by atoms with van der Waals surface area (Å²) in [6.07, 6.45) is 7.54. The summed E-state index contributed by atoms with van der Waals surface area (Å²) in [6, 6.07) is 8.80. The molecule has 1 aromatic carbocycles. The lowest BCUT2D eigenvalue weighted by Gasteiger charge is -2.29. The summed E-state index contributed by atoms with van der Waals surface area (Å²) < 4.78 is 39.9. The summed E-state index contributed by atoms with van der Waals surface area (Å²) in [7, 11) is 0. The zero-order chi connectivity index (χ0) is 25.7. The Morgan fingerprint density at radius 1 is 0.889 bits per heavy atom. The van der Waals surface area contributed by atoms with Crippen LogP contribution in [0.15, 0.2) is 36.4 Å². The van der Waals surface area contributed by atoms with Gasteiger partial charge in [0.1, 0.15) is 6.10 Å². The van der Waals surface area contributed by atoms with Crippen molar-refractivity contribution in [3.63, 3.8) is 0 Å². The van der Waals surface area contributed by atoms with E-state index < -0.39 is 0 Å². The Kier molecular flexibility index (Phi) is 16.9. The molecule has 36 heavy (non-hydrogen) atoms. The molecule has 1 aliphatic heterocycles. The van der Waals surface area contributed by atoms with E-state index in [9.17, 15) is 0 Å². The van der Waals surface area contributed by atoms with Gasteiger partial charge in [-0.3, -0.25) is 0 Å². The first kappa shape index (κ1) is 30.9. The van der Waals surface area contributed by atoms with Gasteiger partial charge in [-0.1, -0.05) is 50.3 Å². The van der Waals surface area contributed by atoms with E-state index in [4.69, 9.17) is 33.2 Å². The van der Waals surface area contributed by atoms with E-state index in [1.54, 1.807) is 0 Å². The molecule has 7 heteroatoms. The molecule has 0 aromatic heterocycles. The topological polar surface area (TPSA) is 64.6 Å². The molecule has 1 aliphatic rings. The Labute approximate surface area is 218 Å². The second-order valence-corrected chi connectivity index (χ2v) is 9.25. The third-order valence-corrected chi connectivity index (χ3v) is 6.45. The molecule has 0 radical (unpaired) electrons. The van der Waals surface area contributed by atoms with Crippen molar-refractivity contribution in [1.29, 1.82) is 0 Å². The van der Waals surface area contributed by atoms with Crippen molar-refractivity contribution in [2.45, 2.75) is 58.2 Å². The van der Waals surface area contributed by atoms with Crippen molar-refractivity contribution >= 4 is 0 Å². The average Bonchev–Trinajstić information content (AvgIpc) is 2.89. The first-order chi connectivity index (χ1) is 17.7. The lowest BCUT2D eigenvalue weighted by molar-refractivity contribution is -0.0865. The Bertz CT molecular complexity index is 678. The van der Waals surface area contributed by atoms with Crippen molar-refractivity contribution < 1.29 is 33.2 Å². The second-order valence-electron chi connectivity index (χ2n) is 9.25. The first-order valence-electron chi connectivity index (χ1n) is 13.5. The quantitative estimate of drug-likeness (QED) is 0.448. The third kappa shape index (κ3) is 13.3. The number of hydrogen-bond acceptors (Lipinski definition) is 7. The number of hydrogen-bond donors (Lipinski definition) is 0. The molecule has 0 N–H and O–H groups in total. The van der Waals surface area contributed by atoms with Crippen LogP contribution in [0.25, 0.3) is 0 Å². The Morgan fingerprint density at radius 3 is 2.11 bits per heavy atom. The van der Waals surface area contributed by atoms with Gasteiger partial charge < -0.3 is 33.2 Å². The summed E-state index contributed by atoms with van der Waals surface area (Å²) in [4.78, 5) is 0. The van der Waals surface area contributed by atoms with Gasteiger partial charge in [0.15, 0.2) is 0 Å². The number of rotatable bonds is 9. The van der Waals surface area contributed by atoms with Crippen LogP contribution in [-0.4, -0.2) is 85.4 Å². The Hall–Kier alpha value is -1.32. The third-order valence-electron chi connectivity index (χ3n) is 6.45. The van der Waals surface area contributed by atoms with Gasteiger partial charge in [0.25, 0.3) is 0 Å². The summed E-state index contributed by atoms with van der Waals surface area (Å²) in [5.74, 6) is 0. The fourth-order valence-corrected chi connectivity index (χ4v) is 3.95. The van der Waals surface area contributed by atoms with E-state index in [2.05, 4.69) is 57.2 Å². The highest BCUT2D eigenvalue weighted by atomic mass is 16.6. The van der Waals surface area contributed by atoms with Gasteiger partial charge in [0, 0.05) is 0 Å². The minimum Gasteiger partial charge on any atom is -0.377 e. The largest absolute Gasteiger partial charge is 0.377 e. The molecule has 206 valence electrons. The lowest BCUT2D eigenvalue weighted by atomic mass is 9.76. The molecule has 0 bridgehead atoms. The summed E-state index contributed by atoms with van der Waals surface area (Å²) in [6.45, 7) is 13.4. The SMILES string of the molecule is C/C=C\CCC(C)(CC)c1cccc(COCC2COCCOCCOCCOCCOCCO2)c1. The van der Waals surface area contributed by atoms with Gasteiger partial charge in [0.2, 0.25) is 0 Å². The summed E-state index contributed by atoms with van der Waals surface area (Å²) >= 11 is 0. The molecule has 2 atom stereocenters. The molecule has 2 rings (SSSR count). The smallest absolute Gasteiger partial charge is 0.104 e. The highest BCUT2D eigenvalue weighted by Crippen LogP contribution is 2.33. The Morgan fingerprint density at radius 2 is 1.50 bits per heavy atom. The maximum Gasteiger partial charge on any atom is 0.104 e.